The van der Waals surface area contributed by atoms with Crippen molar-refractivity contribution in [2.24, 2.45) is 4.99 Å². The molecule has 3 aliphatic heterocycles. The third-order valence-corrected chi connectivity index (χ3v) is 10.3. The van der Waals surface area contributed by atoms with Gasteiger partial charge in [-0.25, -0.2) is 9.97 Å². The van der Waals surface area contributed by atoms with Gasteiger partial charge >= 0.3 is 0 Å². The van der Waals surface area contributed by atoms with E-state index in [1.807, 2.05) is 36.6 Å². The molecular weight excluding hydrogens is 619 g/mol. The van der Waals surface area contributed by atoms with E-state index in [-0.39, 0.29) is 11.5 Å². The van der Waals surface area contributed by atoms with Crippen LogP contribution in [-0.2, 0) is 0 Å². The lowest BCUT2D eigenvalue weighted by Crippen LogP contribution is -2.37. The molecule has 2 atom stereocenters. The summed E-state index contributed by atoms with van der Waals surface area (Å²) in [6.45, 7) is 0. The predicted octanol–water partition coefficient (Wildman–Crippen LogP) is 9.67. The summed E-state index contributed by atoms with van der Waals surface area (Å²) in [5.74, 6) is 0.704. The fraction of sp³-hybridized carbons (Fsp3) is 0.0465. The molecule has 1 aromatic heterocycles. The third-order valence-electron chi connectivity index (χ3n) is 9.05. The van der Waals surface area contributed by atoms with Crippen LogP contribution >= 0.6 is 11.8 Å². The van der Waals surface area contributed by atoms with Crippen LogP contribution in [0.3, 0.4) is 0 Å². The second kappa shape index (κ2) is 12.6. The van der Waals surface area contributed by atoms with E-state index in [4.69, 9.17) is 15.0 Å². The van der Waals surface area contributed by atoms with Gasteiger partial charge in [-0.3, -0.25) is 4.99 Å². The number of allylic oxidation sites excluding steroid dienone is 1. The summed E-state index contributed by atoms with van der Waals surface area (Å²) in [6, 6.07) is 50.6. The van der Waals surface area contributed by atoms with E-state index in [1.54, 1.807) is 11.8 Å². The maximum absolute atomic E-state index is 5.07. The molecule has 0 aliphatic carbocycles. The summed E-state index contributed by atoms with van der Waals surface area (Å²) in [7, 11) is 0. The van der Waals surface area contributed by atoms with Crippen molar-refractivity contribution >= 4 is 23.7 Å². The highest BCUT2D eigenvalue weighted by atomic mass is 32.2. The molecule has 0 fully saturated rings. The highest BCUT2D eigenvalue weighted by molar-refractivity contribution is 8.04. The minimum atomic E-state index is -0.113. The Morgan fingerprint density at radius 3 is 1.69 bits per heavy atom. The molecular formula is C43H31N5S. The van der Waals surface area contributed by atoms with Crippen molar-refractivity contribution in [1.82, 2.24) is 20.6 Å². The molecule has 0 saturated carbocycles. The molecule has 3 aliphatic rings. The Balaban J connectivity index is 1.07. The molecule has 0 bridgehead atoms. The first-order chi connectivity index (χ1) is 24.3. The summed E-state index contributed by atoms with van der Waals surface area (Å²) in [5, 5.41) is 7.70. The lowest BCUT2D eigenvalue weighted by molar-refractivity contribution is 0.543. The fourth-order valence-electron chi connectivity index (χ4n) is 6.52. The van der Waals surface area contributed by atoms with Crippen LogP contribution in [0.15, 0.2) is 179 Å². The molecule has 5 aromatic carbocycles. The number of nitrogens with one attached hydrogen (secondary N) is 2. The van der Waals surface area contributed by atoms with Crippen LogP contribution < -0.4 is 10.6 Å². The third kappa shape index (κ3) is 5.66. The Bertz CT molecular complexity index is 2280. The summed E-state index contributed by atoms with van der Waals surface area (Å²) < 4.78 is 0. The molecule has 4 heterocycles. The van der Waals surface area contributed by atoms with Crippen LogP contribution in [0.2, 0.25) is 0 Å². The van der Waals surface area contributed by atoms with Crippen molar-refractivity contribution in [3.05, 3.63) is 185 Å². The first kappa shape index (κ1) is 29.2. The van der Waals surface area contributed by atoms with Gasteiger partial charge in [0.15, 0.2) is 5.82 Å². The number of aromatic nitrogens is 2. The first-order valence-corrected chi connectivity index (χ1v) is 17.3. The van der Waals surface area contributed by atoms with Gasteiger partial charge in [0.2, 0.25) is 0 Å². The second-order valence-electron chi connectivity index (χ2n) is 12.1. The number of fused-ring (bicyclic) bond motifs is 2. The van der Waals surface area contributed by atoms with Crippen molar-refractivity contribution in [2.75, 3.05) is 0 Å². The molecule has 234 valence electrons. The van der Waals surface area contributed by atoms with Gasteiger partial charge in [-0.1, -0.05) is 157 Å². The summed E-state index contributed by atoms with van der Waals surface area (Å²) >= 11 is 1.79. The number of nitrogens with zero attached hydrogens (tertiary/aromatic N) is 3. The molecule has 5 nitrogen and oxygen atoms in total. The van der Waals surface area contributed by atoms with Gasteiger partial charge in [0, 0.05) is 28.5 Å². The number of hydrogen-bond donors (Lipinski definition) is 2. The lowest BCUT2D eigenvalue weighted by atomic mass is 10.00. The van der Waals surface area contributed by atoms with E-state index in [2.05, 4.69) is 138 Å². The maximum atomic E-state index is 5.07. The molecule has 0 spiro atoms. The standard InChI is InChI=1S/C43H31N5S/c1-4-11-28(12-5-1)29-18-20-30(21-19-29)36-27-37(46-41(45-36)33-15-8-3-9-16-33)31-22-24-34(25-23-31)42-47-38(32-13-6-2-7-14-32)40-39(48-42)35-17-10-26-44-43(35)49-40/h1-27,42-43,47-48H. The van der Waals surface area contributed by atoms with Crippen LogP contribution in [0.1, 0.15) is 17.3 Å². The molecule has 49 heavy (non-hydrogen) atoms. The zero-order valence-electron chi connectivity index (χ0n) is 26.5. The number of thioether (sulfide) groups is 1. The molecule has 2 unspecified atom stereocenters. The highest BCUT2D eigenvalue weighted by Gasteiger charge is 2.36. The number of rotatable bonds is 6. The number of dihydropyridines is 1. The summed E-state index contributed by atoms with van der Waals surface area (Å²) in [4.78, 5) is 16.1. The van der Waals surface area contributed by atoms with E-state index in [0.29, 0.717) is 5.82 Å². The molecule has 2 N–H and O–H groups in total. The highest BCUT2D eigenvalue weighted by Crippen LogP contribution is 2.48. The average Bonchev–Trinajstić information content (AvgIpc) is 3.57. The van der Waals surface area contributed by atoms with E-state index >= 15 is 0 Å². The van der Waals surface area contributed by atoms with Crippen molar-refractivity contribution in [2.45, 2.75) is 11.5 Å². The van der Waals surface area contributed by atoms with Gasteiger partial charge < -0.3 is 10.6 Å². The van der Waals surface area contributed by atoms with Crippen LogP contribution in [0.25, 0.3) is 50.7 Å². The van der Waals surface area contributed by atoms with Gasteiger partial charge in [-0.15, -0.1) is 0 Å². The van der Waals surface area contributed by atoms with Crippen molar-refractivity contribution in [3.8, 4) is 45.0 Å². The van der Waals surface area contributed by atoms with Gasteiger partial charge in [-0.05, 0) is 34.4 Å². The van der Waals surface area contributed by atoms with Gasteiger partial charge in [-0.2, -0.15) is 0 Å². The molecule has 0 saturated heterocycles. The summed E-state index contributed by atoms with van der Waals surface area (Å²) in [6.07, 6.45) is 5.99. The van der Waals surface area contributed by atoms with Gasteiger partial charge in [0.05, 0.1) is 27.7 Å². The number of hydrogen-bond acceptors (Lipinski definition) is 6. The Labute approximate surface area is 289 Å². The monoisotopic (exact) mass is 649 g/mol. The molecule has 9 rings (SSSR count). The Hall–Kier alpha value is -5.98. The molecule has 6 aromatic rings. The van der Waals surface area contributed by atoms with Gasteiger partial charge in [0.25, 0.3) is 0 Å². The molecule has 6 heteroatoms. The van der Waals surface area contributed by atoms with Crippen LogP contribution in [0.4, 0.5) is 0 Å². The van der Waals surface area contributed by atoms with Crippen LogP contribution in [0, 0.1) is 0 Å². The van der Waals surface area contributed by atoms with Crippen LogP contribution in [-0.4, -0.2) is 21.6 Å². The van der Waals surface area contributed by atoms with Crippen molar-refractivity contribution in [1.29, 1.82) is 0 Å². The SMILES string of the molecule is C1=CC2=C3NC(c4ccc(-c5cc(-c6ccc(-c7ccccc7)cc6)nc(-c6ccccc6)n5)cc4)NC(c4ccccc4)=C3SC2N=C1. The predicted molar refractivity (Wildman–Crippen MR) is 202 cm³/mol. The summed E-state index contributed by atoms with van der Waals surface area (Å²) in [5.41, 5.74) is 13.0. The minimum Gasteiger partial charge on any atom is -0.360 e. The zero-order chi connectivity index (χ0) is 32.6. The molecule has 0 amide bonds. The first-order valence-electron chi connectivity index (χ1n) is 16.4. The van der Waals surface area contributed by atoms with E-state index in [0.717, 1.165) is 50.6 Å². The number of aliphatic imine (C=N–C) groups is 1. The Kier molecular flexibility index (Phi) is 7.48. The second-order valence-corrected chi connectivity index (χ2v) is 13.2. The Morgan fingerprint density at radius 2 is 1.04 bits per heavy atom. The Morgan fingerprint density at radius 1 is 0.510 bits per heavy atom. The average molecular weight is 650 g/mol. The van der Waals surface area contributed by atoms with E-state index in [1.165, 1.54) is 21.6 Å². The number of benzene rings is 5. The zero-order valence-corrected chi connectivity index (χ0v) is 27.3. The maximum Gasteiger partial charge on any atom is 0.160 e. The normalized spacial score (nSPS) is 17.7. The largest absolute Gasteiger partial charge is 0.360 e. The van der Waals surface area contributed by atoms with Crippen molar-refractivity contribution < 1.29 is 0 Å². The van der Waals surface area contributed by atoms with Crippen LogP contribution in [0.5, 0.6) is 0 Å². The van der Waals surface area contributed by atoms with Crippen molar-refractivity contribution in [3.63, 3.8) is 0 Å². The molecule has 0 radical (unpaired) electrons. The smallest absolute Gasteiger partial charge is 0.160 e. The van der Waals surface area contributed by atoms with Gasteiger partial charge in [0.1, 0.15) is 11.5 Å². The quantitative estimate of drug-likeness (QED) is 0.188. The van der Waals surface area contributed by atoms with E-state index < -0.39 is 0 Å². The topological polar surface area (TPSA) is 62.2 Å². The fourth-order valence-corrected chi connectivity index (χ4v) is 7.79. The van der Waals surface area contributed by atoms with E-state index in [9.17, 15) is 0 Å². The lowest BCUT2D eigenvalue weighted by Gasteiger charge is -2.32. The minimum absolute atomic E-state index is 0.0736.